The molecule has 3 N–H and O–H groups in total. The van der Waals surface area contributed by atoms with Crippen LogP contribution in [0.5, 0.6) is 0 Å². The van der Waals surface area contributed by atoms with Crippen LogP contribution in [-0.4, -0.2) is 24.2 Å². The summed E-state index contributed by atoms with van der Waals surface area (Å²) in [6.45, 7) is 1.69. The SMILES string of the molecule is O=C(O)c1cccc2c1NCCCN2. The molecule has 0 radical (unpaired) electrons. The van der Waals surface area contributed by atoms with Crippen LogP contribution in [0, 0.1) is 0 Å². The number of carbonyl (C=O) groups is 1. The molecule has 0 saturated carbocycles. The largest absolute Gasteiger partial charge is 0.478 e. The second kappa shape index (κ2) is 3.57. The highest BCUT2D eigenvalue weighted by molar-refractivity contribution is 5.98. The molecule has 0 spiro atoms. The highest BCUT2D eigenvalue weighted by atomic mass is 16.4. The molecule has 0 aliphatic carbocycles. The zero-order valence-corrected chi connectivity index (χ0v) is 7.71. The van der Waals surface area contributed by atoms with Crippen molar-refractivity contribution in [3.8, 4) is 0 Å². The van der Waals surface area contributed by atoms with E-state index in [1.54, 1.807) is 12.1 Å². The second-order valence-corrected chi connectivity index (χ2v) is 3.24. The first-order valence-electron chi connectivity index (χ1n) is 4.63. The van der Waals surface area contributed by atoms with Crippen LogP contribution in [0.2, 0.25) is 0 Å². The number of fused-ring (bicyclic) bond motifs is 1. The minimum atomic E-state index is -0.891. The fourth-order valence-corrected chi connectivity index (χ4v) is 1.59. The quantitative estimate of drug-likeness (QED) is 0.632. The Morgan fingerprint density at radius 3 is 2.86 bits per heavy atom. The third-order valence-corrected chi connectivity index (χ3v) is 2.27. The summed E-state index contributed by atoms with van der Waals surface area (Å²) >= 11 is 0. The van der Waals surface area contributed by atoms with Crippen molar-refractivity contribution in [2.24, 2.45) is 0 Å². The fourth-order valence-electron chi connectivity index (χ4n) is 1.59. The smallest absolute Gasteiger partial charge is 0.337 e. The Bertz CT molecular complexity index is 363. The molecule has 0 fully saturated rings. The van der Waals surface area contributed by atoms with Gasteiger partial charge in [-0.25, -0.2) is 4.79 Å². The molecule has 4 heteroatoms. The summed E-state index contributed by atoms with van der Waals surface area (Å²) in [5.41, 5.74) is 1.91. The zero-order chi connectivity index (χ0) is 9.97. The molecule has 74 valence electrons. The Kier molecular flexibility index (Phi) is 2.26. The summed E-state index contributed by atoms with van der Waals surface area (Å²) in [6, 6.07) is 5.25. The number of carboxylic acid groups (broad SMARTS) is 1. The molecule has 1 heterocycles. The summed E-state index contributed by atoms with van der Waals surface area (Å²) in [6.07, 6.45) is 0.994. The molecule has 0 bridgehead atoms. The summed E-state index contributed by atoms with van der Waals surface area (Å²) in [5.74, 6) is -0.891. The first kappa shape index (κ1) is 8.87. The van der Waals surface area contributed by atoms with Crippen molar-refractivity contribution in [2.75, 3.05) is 23.7 Å². The maximum atomic E-state index is 10.9. The minimum absolute atomic E-state index is 0.330. The Hall–Kier alpha value is -1.71. The van der Waals surface area contributed by atoms with Gasteiger partial charge >= 0.3 is 5.97 Å². The number of hydrogen-bond donors (Lipinski definition) is 3. The van der Waals surface area contributed by atoms with E-state index in [2.05, 4.69) is 10.6 Å². The van der Waals surface area contributed by atoms with Crippen LogP contribution in [0.25, 0.3) is 0 Å². The summed E-state index contributed by atoms with van der Waals surface area (Å²) < 4.78 is 0. The van der Waals surface area contributed by atoms with Crippen molar-refractivity contribution in [3.05, 3.63) is 23.8 Å². The number of aromatic carboxylic acids is 1. The Balaban J connectivity index is 2.47. The maximum Gasteiger partial charge on any atom is 0.337 e. The van der Waals surface area contributed by atoms with Gasteiger partial charge in [-0.1, -0.05) is 6.07 Å². The van der Waals surface area contributed by atoms with Gasteiger partial charge in [-0.15, -0.1) is 0 Å². The number of para-hydroxylation sites is 1. The van der Waals surface area contributed by atoms with Gasteiger partial charge in [-0.3, -0.25) is 0 Å². The lowest BCUT2D eigenvalue weighted by molar-refractivity contribution is 0.0698. The van der Waals surface area contributed by atoms with E-state index in [0.717, 1.165) is 25.2 Å². The molecule has 0 amide bonds. The zero-order valence-electron chi connectivity index (χ0n) is 7.71. The van der Waals surface area contributed by atoms with Crippen molar-refractivity contribution in [3.63, 3.8) is 0 Å². The van der Waals surface area contributed by atoms with Gasteiger partial charge in [0.05, 0.1) is 16.9 Å². The Morgan fingerprint density at radius 1 is 1.29 bits per heavy atom. The van der Waals surface area contributed by atoms with Gasteiger partial charge in [0.15, 0.2) is 0 Å². The van der Waals surface area contributed by atoms with Crippen molar-refractivity contribution >= 4 is 17.3 Å². The number of nitrogens with one attached hydrogen (secondary N) is 2. The van der Waals surface area contributed by atoms with Crippen LogP contribution >= 0.6 is 0 Å². The predicted molar refractivity (Wildman–Crippen MR) is 55.0 cm³/mol. The molecule has 0 atom stereocenters. The number of benzene rings is 1. The van der Waals surface area contributed by atoms with Gasteiger partial charge in [0, 0.05) is 13.1 Å². The van der Waals surface area contributed by atoms with Gasteiger partial charge < -0.3 is 15.7 Å². The van der Waals surface area contributed by atoms with E-state index in [4.69, 9.17) is 5.11 Å². The lowest BCUT2D eigenvalue weighted by Crippen LogP contribution is -2.06. The lowest BCUT2D eigenvalue weighted by atomic mass is 10.1. The molecular formula is C10H12N2O2. The van der Waals surface area contributed by atoms with Gasteiger partial charge in [-0.2, -0.15) is 0 Å². The third kappa shape index (κ3) is 1.51. The topological polar surface area (TPSA) is 61.4 Å². The molecule has 1 aromatic carbocycles. The summed E-state index contributed by atoms with van der Waals surface area (Å²) in [5, 5.41) is 15.3. The van der Waals surface area contributed by atoms with Crippen LogP contribution in [0.4, 0.5) is 11.4 Å². The fraction of sp³-hybridized carbons (Fsp3) is 0.300. The highest BCUT2D eigenvalue weighted by Gasteiger charge is 2.14. The molecule has 1 aromatic rings. The first-order chi connectivity index (χ1) is 6.79. The summed E-state index contributed by atoms with van der Waals surface area (Å²) in [4.78, 5) is 10.9. The van der Waals surface area contributed by atoms with Crippen molar-refractivity contribution in [1.82, 2.24) is 0 Å². The number of carboxylic acids is 1. The van der Waals surface area contributed by atoms with Crippen molar-refractivity contribution in [2.45, 2.75) is 6.42 Å². The molecule has 4 nitrogen and oxygen atoms in total. The molecule has 0 saturated heterocycles. The highest BCUT2D eigenvalue weighted by Crippen LogP contribution is 2.27. The monoisotopic (exact) mass is 192 g/mol. The Labute approximate surface area is 81.9 Å². The number of rotatable bonds is 1. The predicted octanol–water partition coefficient (Wildman–Crippen LogP) is 1.61. The molecule has 14 heavy (non-hydrogen) atoms. The average Bonchev–Trinajstić information content (AvgIpc) is 2.41. The van der Waals surface area contributed by atoms with E-state index in [1.165, 1.54) is 0 Å². The molecule has 2 rings (SSSR count). The number of anilines is 2. The van der Waals surface area contributed by atoms with Crippen molar-refractivity contribution < 1.29 is 9.90 Å². The maximum absolute atomic E-state index is 10.9. The van der Waals surface area contributed by atoms with E-state index < -0.39 is 5.97 Å². The van der Waals surface area contributed by atoms with Crippen LogP contribution in [0.1, 0.15) is 16.8 Å². The van der Waals surface area contributed by atoms with Crippen LogP contribution in [0.3, 0.4) is 0 Å². The second-order valence-electron chi connectivity index (χ2n) is 3.24. The van der Waals surface area contributed by atoms with Gasteiger partial charge in [-0.05, 0) is 18.6 Å². The van der Waals surface area contributed by atoms with Gasteiger partial charge in [0.25, 0.3) is 0 Å². The molecule has 1 aliphatic rings. The van der Waals surface area contributed by atoms with E-state index in [-0.39, 0.29) is 0 Å². The Morgan fingerprint density at radius 2 is 2.07 bits per heavy atom. The van der Waals surface area contributed by atoms with Gasteiger partial charge in [0.1, 0.15) is 0 Å². The normalized spacial score (nSPS) is 14.6. The molecule has 0 unspecified atom stereocenters. The van der Waals surface area contributed by atoms with E-state index >= 15 is 0 Å². The van der Waals surface area contributed by atoms with Gasteiger partial charge in [0.2, 0.25) is 0 Å². The lowest BCUT2D eigenvalue weighted by Gasteiger charge is -2.10. The average molecular weight is 192 g/mol. The van der Waals surface area contributed by atoms with Crippen LogP contribution in [-0.2, 0) is 0 Å². The van der Waals surface area contributed by atoms with E-state index in [1.807, 2.05) is 6.07 Å². The standard InChI is InChI=1S/C10H12N2O2/c13-10(14)7-3-1-4-8-9(7)12-6-2-5-11-8/h1,3-4,11-12H,2,5-6H2,(H,13,14). The van der Waals surface area contributed by atoms with E-state index in [0.29, 0.717) is 11.3 Å². The third-order valence-electron chi connectivity index (χ3n) is 2.27. The molecular weight excluding hydrogens is 180 g/mol. The molecule has 1 aliphatic heterocycles. The van der Waals surface area contributed by atoms with E-state index in [9.17, 15) is 4.79 Å². The minimum Gasteiger partial charge on any atom is -0.478 e. The van der Waals surface area contributed by atoms with Crippen molar-refractivity contribution in [1.29, 1.82) is 0 Å². The van der Waals surface area contributed by atoms with Crippen LogP contribution < -0.4 is 10.6 Å². The van der Waals surface area contributed by atoms with Crippen LogP contribution in [0.15, 0.2) is 18.2 Å². The summed E-state index contributed by atoms with van der Waals surface area (Å²) in [7, 11) is 0. The first-order valence-corrected chi connectivity index (χ1v) is 4.63. The molecule has 0 aromatic heterocycles. The number of hydrogen-bond acceptors (Lipinski definition) is 3.